The predicted molar refractivity (Wildman–Crippen MR) is 105 cm³/mol. The number of benzene rings is 1. The Labute approximate surface area is 191 Å². The maximum atomic E-state index is 14.1. The molecule has 5 rings (SSSR count). The number of phosphoric acid groups is 1. The monoisotopic (exact) mass is 523 g/mol. The summed E-state index contributed by atoms with van der Waals surface area (Å²) in [5, 5.41) is -0.335. The molecule has 3 N–H and O–H groups in total. The van der Waals surface area contributed by atoms with Crippen LogP contribution in [0.4, 0.5) is 23.4 Å². The summed E-state index contributed by atoms with van der Waals surface area (Å²) in [5.41, 5.74) is 6.04. The molecule has 0 aliphatic carbocycles. The lowest BCUT2D eigenvalue weighted by Crippen LogP contribution is -2.40. The van der Waals surface area contributed by atoms with Gasteiger partial charge in [0.1, 0.15) is 23.8 Å². The first-order valence-electron chi connectivity index (χ1n) is 9.44. The molecular formula is C17H14F4N5O6PS. The zero-order chi connectivity index (χ0) is 24.4. The summed E-state index contributed by atoms with van der Waals surface area (Å²) in [6, 6.07) is 0.0843. The minimum absolute atomic E-state index is 0.0338. The van der Waals surface area contributed by atoms with Crippen molar-refractivity contribution in [1.82, 2.24) is 19.5 Å². The van der Waals surface area contributed by atoms with Crippen molar-refractivity contribution in [2.45, 2.75) is 34.6 Å². The fourth-order valence-corrected chi connectivity index (χ4v) is 5.47. The van der Waals surface area contributed by atoms with Crippen LogP contribution in [0, 0.1) is 23.3 Å². The van der Waals surface area contributed by atoms with Crippen LogP contribution in [0.5, 0.6) is 0 Å². The number of halogens is 4. The third-order valence-corrected chi connectivity index (χ3v) is 7.09. The quantitative estimate of drug-likeness (QED) is 0.225. The topological polar surface area (TPSA) is 144 Å². The van der Waals surface area contributed by atoms with Gasteiger partial charge in [-0.2, -0.15) is 0 Å². The average molecular weight is 523 g/mol. The van der Waals surface area contributed by atoms with E-state index in [0.717, 1.165) is 0 Å². The van der Waals surface area contributed by atoms with E-state index in [1.54, 1.807) is 0 Å². The molecule has 3 aromatic rings. The smallest absolute Gasteiger partial charge is 0.382 e. The van der Waals surface area contributed by atoms with Gasteiger partial charge in [0.2, 0.25) is 0 Å². The molecule has 0 spiro atoms. The molecule has 2 aliphatic rings. The highest BCUT2D eigenvalue weighted by atomic mass is 32.2. The number of anilines is 1. The van der Waals surface area contributed by atoms with Gasteiger partial charge in [-0.1, -0.05) is 0 Å². The molecule has 5 atom stereocenters. The Morgan fingerprint density at radius 3 is 2.65 bits per heavy atom. The second-order valence-electron chi connectivity index (χ2n) is 7.21. The second kappa shape index (κ2) is 8.41. The van der Waals surface area contributed by atoms with Crippen LogP contribution >= 0.6 is 19.6 Å². The minimum atomic E-state index is -4.30. The van der Waals surface area contributed by atoms with Crippen molar-refractivity contribution in [2.75, 3.05) is 19.5 Å². The van der Waals surface area contributed by atoms with Gasteiger partial charge in [-0.15, -0.1) is 0 Å². The number of nitrogens with two attached hydrogens (primary N) is 1. The average Bonchev–Trinajstić information content (AvgIpc) is 3.35. The highest BCUT2D eigenvalue weighted by molar-refractivity contribution is 7.99. The number of methoxy groups -OCH3 is 1. The van der Waals surface area contributed by atoms with E-state index in [4.69, 9.17) is 24.3 Å². The van der Waals surface area contributed by atoms with Crippen LogP contribution in [0.25, 0.3) is 11.2 Å². The standard InChI is InChI=1S/C17H14F4N5O6PS/c1-29-12-11-7(3-30-33(27,28)32-11)31-16(12)26-4-23-10-14(22)24-17(25-15(10)26)34-13-8(20)5(18)2-6(19)9(13)21/h2,4,7,11-12,16H,3H2,1H3,(H,27,28)(H2,22,24,25). The van der Waals surface area contributed by atoms with Crippen molar-refractivity contribution in [3.05, 3.63) is 35.7 Å². The molecule has 2 fully saturated rings. The van der Waals surface area contributed by atoms with E-state index in [0.29, 0.717) is 0 Å². The van der Waals surface area contributed by atoms with Crippen molar-refractivity contribution >= 4 is 36.6 Å². The second-order valence-corrected chi connectivity index (χ2v) is 9.60. The van der Waals surface area contributed by atoms with E-state index in [2.05, 4.69) is 15.0 Å². The maximum Gasteiger partial charge on any atom is 0.472 e. The fourth-order valence-electron chi connectivity index (χ4n) is 3.68. The summed E-state index contributed by atoms with van der Waals surface area (Å²) in [7, 11) is -2.97. The number of imidazole rings is 1. The van der Waals surface area contributed by atoms with Gasteiger partial charge in [-0.25, -0.2) is 37.1 Å². The van der Waals surface area contributed by atoms with Crippen molar-refractivity contribution in [1.29, 1.82) is 0 Å². The summed E-state index contributed by atoms with van der Waals surface area (Å²) in [6.45, 7) is -0.247. The lowest BCUT2D eigenvalue weighted by atomic mass is 10.1. The molecule has 0 amide bonds. The van der Waals surface area contributed by atoms with Crippen LogP contribution in [0.15, 0.2) is 22.4 Å². The lowest BCUT2D eigenvalue weighted by molar-refractivity contribution is -0.0667. The van der Waals surface area contributed by atoms with Crippen LogP contribution in [-0.4, -0.2) is 56.4 Å². The van der Waals surface area contributed by atoms with Gasteiger partial charge < -0.3 is 20.1 Å². The Kier molecular flexibility index (Phi) is 5.79. The third-order valence-electron chi connectivity index (χ3n) is 5.18. The van der Waals surface area contributed by atoms with Gasteiger partial charge >= 0.3 is 7.82 Å². The molecule has 0 saturated carbocycles. The van der Waals surface area contributed by atoms with Gasteiger partial charge in [-0.3, -0.25) is 13.6 Å². The van der Waals surface area contributed by atoms with E-state index in [1.165, 1.54) is 18.0 Å². The number of hydrogen-bond donors (Lipinski definition) is 2. The molecule has 0 bridgehead atoms. The Balaban J connectivity index is 1.55. The van der Waals surface area contributed by atoms with Crippen molar-refractivity contribution < 1.29 is 45.5 Å². The van der Waals surface area contributed by atoms with Gasteiger partial charge in [0.05, 0.1) is 17.8 Å². The maximum absolute atomic E-state index is 14.1. The lowest BCUT2D eigenvalue weighted by Gasteiger charge is -2.29. The number of phosphoric ester groups is 1. The highest BCUT2D eigenvalue weighted by Crippen LogP contribution is 2.53. The molecule has 4 heterocycles. The van der Waals surface area contributed by atoms with E-state index in [9.17, 15) is 27.0 Å². The molecule has 2 aromatic heterocycles. The van der Waals surface area contributed by atoms with Crippen molar-refractivity contribution in [3.8, 4) is 0 Å². The van der Waals surface area contributed by atoms with E-state index in [1.807, 2.05) is 0 Å². The van der Waals surface area contributed by atoms with Crippen LogP contribution in [-0.2, 0) is 23.1 Å². The number of nitrogen functional groups attached to an aromatic ring is 1. The van der Waals surface area contributed by atoms with E-state index in [-0.39, 0.29) is 46.6 Å². The van der Waals surface area contributed by atoms with Gasteiger partial charge in [-0.05, 0) is 11.8 Å². The molecular weight excluding hydrogens is 509 g/mol. The summed E-state index contributed by atoms with van der Waals surface area (Å²) in [6.07, 6.45) is -2.36. The number of hydrogen-bond acceptors (Lipinski definition) is 10. The first-order chi connectivity index (χ1) is 16.1. The first kappa shape index (κ1) is 23.4. The third kappa shape index (κ3) is 3.84. The zero-order valence-corrected chi connectivity index (χ0v) is 18.6. The number of ether oxygens (including phenoxy) is 2. The van der Waals surface area contributed by atoms with Crippen LogP contribution in [0.1, 0.15) is 6.23 Å². The van der Waals surface area contributed by atoms with Crippen LogP contribution < -0.4 is 5.73 Å². The highest BCUT2D eigenvalue weighted by Gasteiger charge is 2.53. The molecule has 11 nitrogen and oxygen atoms in total. The normalized spacial score (nSPS) is 29.0. The van der Waals surface area contributed by atoms with Gasteiger partial charge in [0.15, 0.2) is 46.1 Å². The fraction of sp³-hybridized carbons (Fsp3) is 0.353. The molecule has 34 heavy (non-hydrogen) atoms. The number of aromatic nitrogens is 4. The molecule has 1 aromatic carbocycles. The molecule has 17 heteroatoms. The summed E-state index contributed by atoms with van der Waals surface area (Å²) < 4.78 is 89.8. The number of nitrogens with zero attached hydrogens (tertiary/aromatic N) is 4. The predicted octanol–water partition coefficient (Wildman–Crippen LogP) is 2.54. The zero-order valence-electron chi connectivity index (χ0n) is 16.9. The van der Waals surface area contributed by atoms with Crippen LogP contribution in [0.3, 0.4) is 0 Å². The SMILES string of the molecule is COC1C2OP(=O)(O)OCC2OC1n1cnc2c(N)nc(Sc3c(F)c(F)cc(F)c3F)nc21. The Hall–Kier alpha value is -2.33. The number of fused-ring (bicyclic) bond motifs is 2. The van der Waals surface area contributed by atoms with E-state index < -0.39 is 60.5 Å². The summed E-state index contributed by atoms with van der Waals surface area (Å²) in [5.74, 6) is -6.60. The Morgan fingerprint density at radius 2 is 1.97 bits per heavy atom. The van der Waals surface area contributed by atoms with Crippen LogP contribution in [0.2, 0.25) is 0 Å². The summed E-state index contributed by atoms with van der Waals surface area (Å²) >= 11 is 0.219. The molecule has 182 valence electrons. The first-order valence-corrected chi connectivity index (χ1v) is 11.8. The Bertz CT molecular complexity index is 1320. The minimum Gasteiger partial charge on any atom is -0.382 e. The Morgan fingerprint density at radius 1 is 1.26 bits per heavy atom. The van der Waals surface area contributed by atoms with Crippen molar-refractivity contribution in [3.63, 3.8) is 0 Å². The molecule has 0 radical (unpaired) electrons. The molecule has 5 unspecified atom stereocenters. The van der Waals surface area contributed by atoms with Gasteiger partial charge in [0, 0.05) is 13.2 Å². The largest absolute Gasteiger partial charge is 0.472 e. The molecule has 2 saturated heterocycles. The summed E-state index contributed by atoms with van der Waals surface area (Å²) in [4.78, 5) is 20.8. The van der Waals surface area contributed by atoms with Crippen molar-refractivity contribution in [2.24, 2.45) is 0 Å². The van der Waals surface area contributed by atoms with Gasteiger partial charge in [0.25, 0.3) is 0 Å². The number of rotatable bonds is 4. The van der Waals surface area contributed by atoms with E-state index >= 15 is 0 Å². The molecule has 2 aliphatic heterocycles.